The van der Waals surface area contributed by atoms with Crippen molar-refractivity contribution in [3.8, 4) is 5.75 Å². The molecular weight excluding hydrogens is 395 g/mol. The van der Waals surface area contributed by atoms with E-state index < -0.39 is 23.6 Å². The number of nitrogens with two attached hydrogens (primary N) is 1. The molecule has 1 aliphatic heterocycles. The van der Waals surface area contributed by atoms with Crippen molar-refractivity contribution in [2.45, 2.75) is 19.0 Å². The normalized spacial score (nSPS) is 16.2. The Bertz CT molecular complexity index is 1170. The first kappa shape index (κ1) is 19.8. The summed E-state index contributed by atoms with van der Waals surface area (Å²) in [7, 11) is 0. The molecule has 1 atom stereocenters. The van der Waals surface area contributed by atoms with Crippen LogP contribution in [0.25, 0.3) is 10.8 Å². The number of alkyl halides is 3. The summed E-state index contributed by atoms with van der Waals surface area (Å²) >= 11 is 0. The molecule has 0 aromatic heterocycles. The maximum atomic E-state index is 13.3. The molecule has 2 N–H and O–H groups in total. The number of halogens is 3. The van der Waals surface area contributed by atoms with Crippen LogP contribution >= 0.6 is 0 Å². The van der Waals surface area contributed by atoms with Gasteiger partial charge in [0.15, 0.2) is 0 Å². The molecule has 7 heteroatoms. The van der Waals surface area contributed by atoms with Crippen LogP contribution in [0.2, 0.25) is 0 Å². The van der Waals surface area contributed by atoms with Crippen molar-refractivity contribution in [3.63, 3.8) is 0 Å². The Hall–Kier alpha value is -3.48. The average molecular weight is 413 g/mol. The molecule has 30 heavy (non-hydrogen) atoms. The maximum absolute atomic E-state index is 13.3. The fourth-order valence-corrected chi connectivity index (χ4v) is 3.73. The van der Waals surface area contributed by atoms with Gasteiger partial charge in [-0.25, -0.2) is 4.79 Å². The SMILES string of the molecule is CCOC(=O)C1=C(N)Oc2c(ccc3ccccc23)C1c1cccc(C(F)(F)F)c1. The third kappa shape index (κ3) is 3.36. The number of hydrogen-bond donors (Lipinski definition) is 1. The molecule has 3 aromatic rings. The van der Waals surface area contributed by atoms with Gasteiger partial charge in [0, 0.05) is 10.9 Å². The molecule has 1 aliphatic rings. The van der Waals surface area contributed by atoms with E-state index in [4.69, 9.17) is 15.2 Å². The summed E-state index contributed by atoms with van der Waals surface area (Å²) in [6.45, 7) is 1.73. The molecule has 4 rings (SSSR count). The Morgan fingerprint density at radius 1 is 1.10 bits per heavy atom. The minimum absolute atomic E-state index is 0.0149. The number of benzene rings is 3. The monoisotopic (exact) mass is 413 g/mol. The van der Waals surface area contributed by atoms with Crippen molar-refractivity contribution in [1.82, 2.24) is 0 Å². The lowest BCUT2D eigenvalue weighted by molar-refractivity contribution is -0.139. The largest absolute Gasteiger partial charge is 0.462 e. The average Bonchev–Trinajstić information content (AvgIpc) is 2.72. The minimum atomic E-state index is -4.52. The van der Waals surface area contributed by atoms with Gasteiger partial charge in [0.25, 0.3) is 0 Å². The highest BCUT2D eigenvalue weighted by Crippen LogP contribution is 2.46. The second-order valence-corrected chi connectivity index (χ2v) is 6.86. The number of carbonyl (C=O) groups is 1. The van der Waals surface area contributed by atoms with Crippen molar-refractivity contribution in [3.05, 3.63) is 88.8 Å². The molecule has 0 fully saturated rings. The van der Waals surface area contributed by atoms with E-state index in [9.17, 15) is 18.0 Å². The quantitative estimate of drug-likeness (QED) is 0.606. The fraction of sp³-hybridized carbons (Fsp3) is 0.174. The fourth-order valence-electron chi connectivity index (χ4n) is 3.73. The molecule has 0 radical (unpaired) electrons. The minimum Gasteiger partial charge on any atom is -0.462 e. The van der Waals surface area contributed by atoms with E-state index in [1.807, 2.05) is 30.3 Å². The highest BCUT2D eigenvalue weighted by Gasteiger charge is 2.38. The number of ether oxygens (including phenoxy) is 2. The molecule has 1 unspecified atom stereocenters. The Kier molecular flexibility index (Phi) is 4.89. The molecule has 0 spiro atoms. The predicted molar refractivity (Wildman–Crippen MR) is 106 cm³/mol. The van der Waals surface area contributed by atoms with Crippen LogP contribution in [0.5, 0.6) is 5.75 Å². The highest BCUT2D eigenvalue weighted by molar-refractivity contribution is 5.96. The first-order valence-corrected chi connectivity index (χ1v) is 9.34. The van der Waals surface area contributed by atoms with Crippen LogP contribution in [-0.4, -0.2) is 12.6 Å². The zero-order valence-corrected chi connectivity index (χ0v) is 16.0. The topological polar surface area (TPSA) is 61.5 Å². The summed E-state index contributed by atoms with van der Waals surface area (Å²) in [5, 5.41) is 1.63. The van der Waals surface area contributed by atoms with Crippen molar-refractivity contribution >= 4 is 16.7 Å². The van der Waals surface area contributed by atoms with E-state index in [1.165, 1.54) is 12.1 Å². The highest BCUT2D eigenvalue weighted by atomic mass is 19.4. The van der Waals surface area contributed by atoms with Crippen LogP contribution in [0.15, 0.2) is 72.1 Å². The van der Waals surface area contributed by atoms with Gasteiger partial charge in [-0.15, -0.1) is 0 Å². The first-order chi connectivity index (χ1) is 14.3. The number of esters is 1. The lowest BCUT2D eigenvalue weighted by Crippen LogP contribution is -2.27. The zero-order valence-electron chi connectivity index (χ0n) is 16.0. The molecule has 3 aromatic carbocycles. The van der Waals surface area contributed by atoms with Gasteiger partial charge in [0.05, 0.1) is 18.1 Å². The van der Waals surface area contributed by atoms with Crippen LogP contribution < -0.4 is 10.5 Å². The summed E-state index contributed by atoms with van der Waals surface area (Å²) < 4.78 is 51.0. The Labute approximate surface area is 170 Å². The standard InChI is InChI=1S/C23H18F3NO3/c1-2-29-22(28)19-18(14-7-5-8-15(12-14)23(24,25)26)17-11-10-13-6-3-4-9-16(13)20(17)30-21(19)27/h3-12,18H,2,27H2,1H3. The Balaban J connectivity index is 1.97. The molecule has 4 nitrogen and oxygen atoms in total. The van der Waals surface area contributed by atoms with E-state index in [-0.39, 0.29) is 23.6 Å². The van der Waals surface area contributed by atoms with Crippen molar-refractivity contribution in [2.75, 3.05) is 6.61 Å². The van der Waals surface area contributed by atoms with E-state index in [1.54, 1.807) is 13.0 Å². The third-order valence-electron chi connectivity index (χ3n) is 5.03. The van der Waals surface area contributed by atoms with Crippen molar-refractivity contribution in [2.24, 2.45) is 5.73 Å². The number of carbonyl (C=O) groups excluding carboxylic acids is 1. The lowest BCUT2D eigenvalue weighted by atomic mass is 9.81. The second-order valence-electron chi connectivity index (χ2n) is 6.86. The van der Waals surface area contributed by atoms with Crippen LogP contribution in [0.3, 0.4) is 0 Å². The molecule has 0 saturated carbocycles. The molecule has 0 aliphatic carbocycles. The molecular formula is C23H18F3NO3. The van der Waals surface area contributed by atoms with Gasteiger partial charge in [-0.3, -0.25) is 0 Å². The molecule has 1 heterocycles. The van der Waals surface area contributed by atoms with Crippen molar-refractivity contribution in [1.29, 1.82) is 0 Å². The van der Waals surface area contributed by atoms with Gasteiger partial charge in [-0.1, -0.05) is 54.6 Å². The Morgan fingerprint density at radius 3 is 2.60 bits per heavy atom. The predicted octanol–water partition coefficient (Wildman–Crippen LogP) is 5.12. The van der Waals surface area contributed by atoms with E-state index >= 15 is 0 Å². The first-order valence-electron chi connectivity index (χ1n) is 9.34. The summed E-state index contributed by atoms with van der Waals surface area (Å²) in [6, 6.07) is 15.9. The Morgan fingerprint density at radius 2 is 1.87 bits per heavy atom. The molecule has 0 saturated heterocycles. The number of rotatable bonds is 3. The van der Waals surface area contributed by atoms with E-state index in [2.05, 4.69) is 0 Å². The lowest BCUT2D eigenvalue weighted by Gasteiger charge is -2.29. The number of hydrogen-bond acceptors (Lipinski definition) is 4. The van der Waals surface area contributed by atoms with Crippen LogP contribution in [0.1, 0.15) is 29.5 Å². The van der Waals surface area contributed by atoms with Crippen LogP contribution in [0.4, 0.5) is 13.2 Å². The van der Waals surface area contributed by atoms with Gasteiger partial charge >= 0.3 is 12.1 Å². The molecule has 0 bridgehead atoms. The van der Waals surface area contributed by atoms with Crippen LogP contribution in [-0.2, 0) is 15.7 Å². The van der Waals surface area contributed by atoms with Crippen molar-refractivity contribution < 1.29 is 27.4 Å². The summed E-state index contributed by atoms with van der Waals surface area (Å²) in [6.07, 6.45) is -4.52. The maximum Gasteiger partial charge on any atom is 0.416 e. The van der Waals surface area contributed by atoms with E-state index in [0.717, 1.165) is 22.9 Å². The molecule has 154 valence electrons. The summed E-state index contributed by atoms with van der Waals surface area (Å²) in [4.78, 5) is 12.7. The van der Waals surface area contributed by atoms with Crippen LogP contribution in [0, 0.1) is 0 Å². The number of fused-ring (bicyclic) bond motifs is 3. The van der Waals surface area contributed by atoms with Gasteiger partial charge in [-0.05, 0) is 23.9 Å². The third-order valence-corrected chi connectivity index (χ3v) is 5.03. The van der Waals surface area contributed by atoms with Gasteiger partial charge in [-0.2, -0.15) is 13.2 Å². The second kappa shape index (κ2) is 7.40. The summed E-state index contributed by atoms with van der Waals surface area (Å²) in [5.74, 6) is -1.35. The smallest absolute Gasteiger partial charge is 0.416 e. The summed E-state index contributed by atoms with van der Waals surface area (Å²) in [5.41, 5.74) is 6.10. The van der Waals surface area contributed by atoms with Gasteiger partial charge < -0.3 is 15.2 Å². The van der Waals surface area contributed by atoms with Gasteiger partial charge in [0.2, 0.25) is 5.88 Å². The van der Waals surface area contributed by atoms with Gasteiger partial charge in [0.1, 0.15) is 11.3 Å². The molecule has 0 amide bonds. The van der Waals surface area contributed by atoms with E-state index in [0.29, 0.717) is 11.3 Å². The zero-order chi connectivity index (χ0) is 21.5.